The Morgan fingerprint density at radius 2 is 1.77 bits per heavy atom. The first kappa shape index (κ1) is 21.6. The number of amides is 2. The number of halogens is 2. The number of hydrogen-bond donors (Lipinski definition) is 2. The summed E-state index contributed by atoms with van der Waals surface area (Å²) in [5.74, 6) is -0.845. The third-order valence-electron chi connectivity index (χ3n) is 6.13. The molecular formula is C19H23F2N3O6S. The van der Waals surface area contributed by atoms with Gasteiger partial charge in [-0.2, -0.15) is 0 Å². The van der Waals surface area contributed by atoms with Gasteiger partial charge in [0.15, 0.2) is 21.5 Å². The third kappa shape index (κ3) is 4.53. The zero-order valence-electron chi connectivity index (χ0n) is 16.6. The van der Waals surface area contributed by atoms with Gasteiger partial charge in [-0.3, -0.25) is 4.90 Å². The van der Waals surface area contributed by atoms with Gasteiger partial charge in [0, 0.05) is 25.2 Å². The molecule has 9 nitrogen and oxygen atoms in total. The van der Waals surface area contributed by atoms with Crippen LogP contribution in [0.15, 0.2) is 12.1 Å². The number of carbonyl (C=O) groups excluding carboxylic acids is 1. The zero-order chi connectivity index (χ0) is 22.3. The maximum Gasteiger partial charge on any atom is 0.414 e. The van der Waals surface area contributed by atoms with Crippen molar-refractivity contribution in [3.8, 4) is 0 Å². The molecule has 0 spiro atoms. The summed E-state index contributed by atoms with van der Waals surface area (Å²) < 4.78 is 57.5. The van der Waals surface area contributed by atoms with E-state index in [9.17, 15) is 26.8 Å². The summed E-state index contributed by atoms with van der Waals surface area (Å²) in [6.07, 6.45) is -1.50. The van der Waals surface area contributed by atoms with Crippen LogP contribution in [0.5, 0.6) is 0 Å². The van der Waals surface area contributed by atoms with Crippen LogP contribution in [0.4, 0.5) is 29.7 Å². The number of sulfone groups is 1. The Labute approximate surface area is 177 Å². The number of benzene rings is 1. The van der Waals surface area contributed by atoms with Gasteiger partial charge in [-0.1, -0.05) is 0 Å². The SMILES string of the molecule is O=C(O)NC[C@H]1CN(c2cc(F)c(N3CCC(C4CS(=O)(=O)C4)CC3)c(F)c2)C(=O)O1. The molecule has 0 unspecified atom stereocenters. The second-order valence-corrected chi connectivity index (χ2v) is 10.4. The fourth-order valence-electron chi connectivity index (χ4n) is 4.52. The predicted octanol–water partition coefficient (Wildman–Crippen LogP) is 1.82. The highest BCUT2D eigenvalue weighted by molar-refractivity contribution is 7.92. The van der Waals surface area contributed by atoms with E-state index in [1.165, 1.54) is 0 Å². The van der Waals surface area contributed by atoms with E-state index in [4.69, 9.17) is 9.84 Å². The van der Waals surface area contributed by atoms with E-state index >= 15 is 0 Å². The second-order valence-electron chi connectivity index (χ2n) is 8.22. The standard InChI is InChI=1S/C19H23F2N3O6S/c20-15-5-13(24-8-14(30-19(24)27)7-22-18(25)26)6-16(21)17(15)23-3-1-11(2-4-23)12-9-31(28,29)10-12/h5-6,11-12,14,22H,1-4,7-10H2,(H,25,26)/t14-/m0/s1. The molecule has 4 rings (SSSR count). The van der Waals surface area contributed by atoms with Crippen molar-refractivity contribution in [2.75, 3.05) is 47.5 Å². The fourth-order valence-corrected chi connectivity index (χ4v) is 6.27. The van der Waals surface area contributed by atoms with Gasteiger partial charge in [0.05, 0.1) is 30.3 Å². The molecule has 1 atom stereocenters. The Morgan fingerprint density at radius 1 is 1.16 bits per heavy atom. The molecule has 0 aromatic heterocycles. The average Bonchev–Trinajstić information content (AvgIpc) is 3.05. The van der Waals surface area contributed by atoms with E-state index in [2.05, 4.69) is 5.32 Å². The normalized spacial score (nSPS) is 24.1. The van der Waals surface area contributed by atoms with Gasteiger partial charge < -0.3 is 20.1 Å². The van der Waals surface area contributed by atoms with E-state index < -0.39 is 39.8 Å². The molecule has 12 heteroatoms. The van der Waals surface area contributed by atoms with Gasteiger partial charge >= 0.3 is 12.2 Å². The highest BCUT2D eigenvalue weighted by Crippen LogP contribution is 2.37. The minimum atomic E-state index is -2.90. The monoisotopic (exact) mass is 459 g/mol. The Bertz CT molecular complexity index is 961. The highest BCUT2D eigenvalue weighted by atomic mass is 32.2. The van der Waals surface area contributed by atoms with Crippen molar-refractivity contribution in [3.63, 3.8) is 0 Å². The lowest BCUT2D eigenvalue weighted by Gasteiger charge is -2.40. The first-order chi connectivity index (χ1) is 14.6. The van der Waals surface area contributed by atoms with Gasteiger partial charge in [-0.15, -0.1) is 0 Å². The number of carboxylic acid groups (broad SMARTS) is 1. The summed E-state index contributed by atoms with van der Waals surface area (Å²) in [4.78, 5) is 25.3. The summed E-state index contributed by atoms with van der Waals surface area (Å²) >= 11 is 0. The molecule has 3 aliphatic rings. The predicted molar refractivity (Wildman–Crippen MR) is 107 cm³/mol. The number of nitrogens with zero attached hydrogens (tertiary/aromatic N) is 2. The van der Waals surface area contributed by atoms with Crippen molar-refractivity contribution in [2.24, 2.45) is 11.8 Å². The second kappa shape index (κ2) is 8.13. The number of nitrogens with one attached hydrogen (secondary N) is 1. The lowest BCUT2D eigenvalue weighted by molar-refractivity contribution is 0.136. The molecular weight excluding hydrogens is 436 g/mol. The zero-order valence-corrected chi connectivity index (χ0v) is 17.4. The number of rotatable bonds is 5. The summed E-state index contributed by atoms with van der Waals surface area (Å²) in [6.45, 7) is 0.678. The van der Waals surface area contributed by atoms with E-state index in [-0.39, 0.29) is 47.8 Å². The third-order valence-corrected chi connectivity index (χ3v) is 8.00. The lowest BCUT2D eigenvalue weighted by Crippen LogP contribution is -2.46. The van der Waals surface area contributed by atoms with Gasteiger partial charge in [-0.25, -0.2) is 26.8 Å². The van der Waals surface area contributed by atoms with Gasteiger partial charge in [-0.05, 0) is 24.7 Å². The van der Waals surface area contributed by atoms with Gasteiger partial charge in [0.1, 0.15) is 11.8 Å². The van der Waals surface area contributed by atoms with Crippen LogP contribution >= 0.6 is 0 Å². The number of carbonyl (C=O) groups is 2. The molecule has 31 heavy (non-hydrogen) atoms. The van der Waals surface area contributed by atoms with Crippen molar-refractivity contribution in [1.29, 1.82) is 0 Å². The Kier molecular flexibility index (Phi) is 5.67. The molecule has 0 saturated carbocycles. The van der Waals surface area contributed by atoms with Crippen molar-refractivity contribution in [1.82, 2.24) is 5.32 Å². The van der Waals surface area contributed by atoms with Crippen LogP contribution in [0, 0.1) is 23.5 Å². The molecule has 170 valence electrons. The van der Waals surface area contributed by atoms with Crippen molar-refractivity contribution < 1.29 is 36.6 Å². The smallest absolute Gasteiger partial charge is 0.414 e. The Balaban J connectivity index is 1.41. The summed E-state index contributed by atoms with van der Waals surface area (Å²) in [5.41, 5.74) is -0.170. The topological polar surface area (TPSA) is 116 Å². The molecule has 3 aliphatic heterocycles. The lowest BCUT2D eigenvalue weighted by atomic mass is 9.86. The molecule has 0 aliphatic carbocycles. The van der Waals surface area contributed by atoms with Crippen LogP contribution in [0.2, 0.25) is 0 Å². The summed E-state index contributed by atoms with van der Waals surface area (Å²) in [7, 11) is -2.90. The van der Waals surface area contributed by atoms with E-state index in [0.717, 1.165) is 17.0 Å². The summed E-state index contributed by atoms with van der Waals surface area (Å²) in [6, 6.07) is 2.13. The molecule has 2 amide bonds. The number of ether oxygens (including phenoxy) is 1. The molecule has 3 saturated heterocycles. The fraction of sp³-hybridized carbons (Fsp3) is 0.579. The molecule has 2 N–H and O–H groups in total. The van der Waals surface area contributed by atoms with E-state index in [1.807, 2.05) is 0 Å². The molecule has 3 heterocycles. The Hall–Kier alpha value is -2.63. The quantitative estimate of drug-likeness (QED) is 0.690. The van der Waals surface area contributed by atoms with Crippen LogP contribution in [0.3, 0.4) is 0 Å². The molecule has 3 fully saturated rings. The van der Waals surface area contributed by atoms with Gasteiger partial charge in [0.25, 0.3) is 0 Å². The number of hydrogen-bond acceptors (Lipinski definition) is 6. The Morgan fingerprint density at radius 3 is 2.32 bits per heavy atom. The van der Waals surface area contributed by atoms with Crippen molar-refractivity contribution in [2.45, 2.75) is 18.9 Å². The average molecular weight is 459 g/mol. The largest absolute Gasteiger partial charge is 0.465 e. The van der Waals surface area contributed by atoms with E-state index in [0.29, 0.717) is 25.9 Å². The van der Waals surface area contributed by atoms with Gasteiger partial charge in [0.2, 0.25) is 0 Å². The highest BCUT2D eigenvalue weighted by Gasteiger charge is 2.40. The van der Waals surface area contributed by atoms with Crippen LogP contribution in [0.25, 0.3) is 0 Å². The van der Waals surface area contributed by atoms with Crippen LogP contribution in [0.1, 0.15) is 12.8 Å². The number of cyclic esters (lactones) is 1. The maximum absolute atomic E-state index is 14.8. The molecule has 0 radical (unpaired) electrons. The van der Waals surface area contributed by atoms with Crippen molar-refractivity contribution in [3.05, 3.63) is 23.8 Å². The molecule has 0 bridgehead atoms. The first-order valence-electron chi connectivity index (χ1n) is 10.0. The maximum atomic E-state index is 14.8. The molecule has 1 aromatic rings. The van der Waals surface area contributed by atoms with Crippen LogP contribution < -0.4 is 15.1 Å². The number of piperidine rings is 1. The first-order valence-corrected chi connectivity index (χ1v) is 11.8. The minimum Gasteiger partial charge on any atom is -0.465 e. The van der Waals surface area contributed by atoms with E-state index in [1.54, 1.807) is 4.90 Å². The van der Waals surface area contributed by atoms with Crippen molar-refractivity contribution >= 4 is 33.4 Å². The summed E-state index contributed by atoms with van der Waals surface area (Å²) in [5, 5.41) is 10.7. The van der Waals surface area contributed by atoms with Crippen LogP contribution in [-0.2, 0) is 14.6 Å². The minimum absolute atomic E-state index is 0.00358. The number of anilines is 2. The van der Waals surface area contributed by atoms with Crippen LogP contribution in [-0.4, -0.2) is 69.5 Å². The molecule has 1 aromatic carbocycles.